The highest BCUT2D eigenvalue weighted by molar-refractivity contribution is 5.90. The van der Waals surface area contributed by atoms with Gasteiger partial charge in [0.1, 0.15) is 0 Å². The van der Waals surface area contributed by atoms with Crippen molar-refractivity contribution in [1.82, 2.24) is 0 Å². The predicted molar refractivity (Wildman–Crippen MR) is 55.4 cm³/mol. The van der Waals surface area contributed by atoms with E-state index in [1.54, 1.807) is 24.3 Å². The number of ether oxygens (including phenoxy) is 2. The van der Waals surface area contributed by atoms with E-state index in [1.807, 2.05) is 6.07 Å². The third-order valence-electron chi connectivity index (χ3n) is 2.63. The predicted octanol–water partition coefficient (Wildman–Crippen LogP) is 1.39. The van der Waals surface area contributed by atoms with Gasteiger partial charge in [0.2, 0.25) is 5.60 Å². The topological polar surface area (TPSA) is 52.6 Å². The zero-order valence-corrected chi connectivity index (χ0v) is 9.10. The van der Waals surface area contributed by atoms with Crippen molar-refractivity contribution in [3.63, 3.8) is 0 Å². The van der Waals surface area contributed by atoms with Crippen molar-refractivity contribution in [1.29, 1.82) is 0 Å². The molecular formula is C12H12O4. The minimum Gasteiger partial charge on any atom is -0.447 e. The van der Waals surface area contributed by atoms with Gasteiger partial charge in [0.25, 0.3) is 0 Å². The van der Waals surface area contributed by atoms with Crippen LogP contribution in [-0.4, -0.2) is 18.0 Å². The molecule has 84 valence electrons. The first-order chi connectivity index (χ1) is 7.54. The van der Waals surface area contributed by atoms with E-state index in [-0.39, 0.29) is 0 Å². The van der Waals surface area contributed by atoms with Crippen LogP contribution in [0.2, 0.25) is 0 Å². The summed E-state index contributed by atoms with van der Waals surface area (Å²) in [6.07, 6.45) is -0.829. The maximum atomic E-state index is 11.8. The van der Waals surface area contributed by atoms with Gasteiger partial charge in [-0.3, -0.25) is 0 Å². The molecule has 1 aliphatic heterocycles. The zero-order valence-electron chi connectivity index (χ0n) is 9.10. The van der Waals surface area contributed by atoms with E-state index in [1.165, 1.54) is 13.8 Å². The molecule has 0 bridgehead atoms. The van der Waals surface area contributed by atoms with E-state index in [0.29, 0.717) is 5.56 Å². The second-order valence-corrected chi connectivity index (χ2v) is 3.87. The van der Waals surface area contributed by atoms with Crippen LogP contribution in [0.5, 0.6) is 0 Å². The van der Waals surface area contributed by atoms with Crippen LogP contribution in [0.4, 0.5) is 0 Å². The van der Waals surface area contributed by atoms with Crippen LogP contribution in [0, 0.1) is 0 Å². The molecule has 0 amide bonds. The first-order valence-electron chi connectivity index (χ1n) is 5.03. The van der Waals surface area contributed by atoms with Crippen molar-refractivity contribution in [2.45, 2.75) is 25.6 Å². The Labute approximate surface area is 93.2 Å². The van der Waals surface area contributed by atoms with Gasteiger partial charge in [-0.1, -0.05) is 30.3 Å². The molecule has 16 heavy (non-hydrogen) atoms. The van der Waals surface area contributed by atoms with Crippen LogP contribution in [0.15, 0.2) is 30.3 Å². The Balaban J connectivity index is 2.38. The van der Waals surface area contributed by atoms with E-state index in [4.69, 9.17) is 9.47 Å². The Hall–Kier alpha value is -1.84. The van der Waals surface area contributed by atoms with Gasteiger partial charge in [-0.05, 0) is 13.8 Å². The molecule has 1 saturated heterocycles. The Morgan fingerprint density at radius 3 is 2.44 bits per heavy atom. The molecule has 0 saturated carbocycles. The van der Waals surface area contributed by atoms with Crippen LogP contribution < -0.4 is 0 Å². The average Bonchev–Trinajstić information content (AvgIpc) is 2.28. The quantitative estimate of drug-likeness (QED) is 0.671. The molecule has 1 aromatic carbocycles. The molecule has 0 unspecified atom stereocenters. The fourth-order valence-electron chi connectivity index (χ4n) is 1.58. The summed E-state index contributed by atoms with van der Waals surface area (Å²) in [5.41, 5.74) is -0.717. The van der Waals surface area contributed by atoms with Gasteiger partial charge in [0, 0.05) is 5.56 Å². The van der Waals surface area contributed by atoms with Crippen LogP contribution in [0.1, 0.15) is 19.4 Å². The molecule has 1 aromatic rings. The Kier molecular flexibility index (Phi) is 2.42. The lowest BCUT2D eigenvalue weighted by Gasteiger charge is -2.34. The van der Waals surface area contributed by atoms with Crippen LogP contribution in [-0.2, 0) is 24.7 Å². The van der Waals surface area contributed by atoms with E-state index in [2.05, 4.69) is 0 Å². The molecule has 2 atom stereocenters. The fourth-order valence-corrected chi connectivity index (χ4v) is 1.58. The molecule has 2 rings (SSSR count). The van der Waals surface area contributed by atoms with Crippen molar-refractivity contribution >= 4 is 11.9 Å². The zero-order chi connectivity index (χ0) is 11.8. The largest absolute Gasteiger partial charge is 0.447 e. The summed E-state index contributed by atoms with van der Waals surface area (Å²) in [6.45, 7) is 3.03. The van der Waals surface area contributed by atoms with Gasteiger partial charge < -0.3 is 9.47 Å². The summed E-state index contributed by atoms with van der Waals surface area (Å²) in [6, 6.07) is 8.83. The molecule has 0 aromatic heterocycles. The van der Waals surface area contributed by atoms with E-state index >= 15 is 0 Å². The van der Waals surface area contributed by atoms with Crippen molar-refractivity contribution in [2.75, 3.05) is 0 Å². The van der Waals surface area contributed by atoms with Crippen molar-refractivity contribution < 1.29 is 19.1 Å². The normalized spacial score (nSPS) is 29.5. The maximum Gasteiger partial charge on any atom is 0.355 e. The summed E-state index contributed by atoms with van der Waals surface area (Å²) in [7, 11) is 0. The first kappa shape index (κ1) is 10.7. The van der Waals surface area contributed by atoms with Gasteiger partial charge in [0.05, 0.1) is 0 Å². The summed E-state index contributed by atoms with van der Waals surface area (Å²) in [4.78, 5) is 23.2. The van der Waals surface area contributed by atoms with Gasteiger partial charge >= 0.3 is 11.9 Å². The summed E-state index contributed by atoms with van der Waals surface area (Å²) >= 11 is 0. The molecule has 1 aliphatic rings. The molecule has 0 aliphatic carbocycles. The highest BCUT2D eigenvalue weighted by Gasteiger charge is 2.47. The fraction of sp³-hybridized carbons (Fsp3) is 0.333. The summed E-state index contributed by atoms with van der Waals surface area (Å²) < 4.78 is 10.1. The number of hydrogen-bond acceptors (Lipinski definition) is 4. The second-order valence-electron chi connectivity index (χ2n) is 3.87. The molecule has 0 N–H and O–H groups in total. The van der Waals surface area contributed by atoms with Gasteiger partial charge in [-0.2, -0.15) is 0 Å². The van der Waals surface area contributed by atoms with Crippen molar-refractivity contribution in [3.8, 4) is 0 Å². The molecule has 4 heteroatoms. The summed E-state index contributed by atoms with van der Waals surface area (Å²) in [5.74, 6) is -1.06. The third kappa shape index (κ3) is 1.56. The molecule has 1 heterocycles. The molecule has 1 fully saturated rings. The monoisotopic (exact) mass is 220 g/mol. The van der Waals surface area contributed by atoms with E-state index < -0.39 is 23.6 Å². The molecule has 0 spiro atoms. The molecule has 0 radical (unpaired) electrons. The third-order valence-corrected chi connectivity index (χ3v) is 2.63. The lowest BCUT2D eigenvalue weighted by Crippen LogP contribution is -2.48. The number of carbonyl (C=O) groups is 2. The van der Waals surface area contributed by atoms with Crippen LogP contribution in [0.3, 0.4) is 0 Å². The number of carbonyl (C=O) groups excluding carboxylic acids is 2. The average molecular weight is 220 g/mol. The van der Waals surface area contributed by atoms with Crippen LogP contribution >= 0.6 is 0 Å². The van der Waals surface area contributed by atoms with Crippen LogP contribution in [0.25, 0.3) is 0 Å². The minimum atomic E-state index is -1.33. The summed E-state index contributed by atoms with van der Waals surface area (Å²) in [5, 5.41) is 0. The van der Waals surface area contributed by atoms with Crippen molar-refractivity contribution in [3.05, 3.63) is 35.9 Å². The Morgan fingerprint density at radius 1 is 1.19 bits per heavy atom. The Bertz CT molecular complexity index is 426. The number of rotatable bonds is 1. The van der Waals surface area contributed by atoms with Gasteiger partial charge in [-0.25, -0.2) is 9.59 Å². The first-order valence-corrected chi connectivity index (χ1v) is 5.03. The number of benzene rings is 1. The standard InChI is InChI=1S/C12H12O4/c1-8-10(13)16-12(2,11(14)15-8)9-6-4-3-5-7-9/h3-8H,1-2H3/t8-,12+/m1/s1. The smallest absolute Gasteiger partial charge is 0.355 e. The van der Waals surface area contributed by atoms with Gasteiger partial charge in [0.15, 0.2) is 6.10 Å². The minimum absolute atomic E-state index is 0.522. The highest BCUT2D eigenvalue weighted by Crippen LogP contribution is 2.31. The highest BCUT2D eigenvalue weighted by atomic mass is 16.7. The lowest BCUT2D eigenvalue weighted by atomic mass is 9.95. The van der Waals surface area contributed by atoms with E-state index in [0.717, 1.165) is 0 Å². The maximum absolute atomic E-state index is 11.8. The van der Waals surface area contributed by atoms with Gasteiger partial charge in [-0.15, -0.1) is 0 Å². The van der Waals surface area contributed by atoms with E-state index in [9.17, 15) is 9.59 Å². The number of cyclic esters (lactones) is 2. The SMILES string of the molecule is C[C@H]1OC(=O)[C@](C)(c2ccccc2)OC1=O. The number of esters is 2. The molecule has 4 nitrogen and oxygen atoms in total. The number of hydrogen-bond donors (Lipinski definition) is 0. The lowest BCUT2D eigenvalue weighted by molar-refractivity contribution is -0.209. The Morgan fingerprint density at radius 2 is 1.81 bits per heavy atom. The second kappa shape index (κ2) is 3.63. The van der Waals surface area contributed by atoms with Crippen molar-refractivity contribution in [2.24, 2.45) is 0 Å². The molecular weight excluding hydrogens is 208 g/mol.